The minimum atomic E-state index is -1.19. The Hall–Kier alpha value is -4.40. The zero-order valence-electron chi connectivity index (χ0n) is 20.5. The maximum atomic E-state index is 13.9. The number of carbonyl (C=O) groups is 2. The van der Waals surface area contributed by atoms with Gasteiger partial charge in [0, 0.05) is 29.8 Å². The number of ether oxygens (including phenoxy) is 2. The van der Waals surface area contributed by atoms with Crippen LogP contribution in [0.3, 0.4) is 0 Å². The van der Waals surface area contributed by atoms with Crippen molar-refractivity contribution in [3.8, 4) is 17.2 Å². The third-order valence-electron chi connectivity index (χ3n) is 5.67. The third-order valence-corrected chi connectivity index (χ3v) is 5.67. The number of rotatable bonds is 5. The van der Waals surface area contributed by atoms with E-state index in [0.717, 1.165) is 5.56 Å². The normalized spacial score (nSPS) is 15.1. The lowest BCUT2D eigenvalue weighted by Gasteiger charge is -2.36. The number of nitro groups is 1. The molecule has 0 aliphatic carbocycles. The number of hydrogen-bond donors (Lipinski definition) is 1. The fraction of sp³-hybridized carbons (Fsp3) is 0.259. The largest absolute Gasteiger partial charge is 0.497 e. The summed E-state index contributed by atoms with van der Waals surface area (Å²) in [5.41, 5.74) is 0.430. The molecule has 9 heteroatoms. The van der Waals surface area contributed by atoms with Crippen molar-refractivity contribution in [1.82, 2.24) is 10.2 Å². The molecule has 0 fully saturated rings. The second-order valence-electron chi connectivity index (χ2n) is 9.50. The highest BCUT2D eigenvalue weighted by molar-refractivity contribution is 6.01. The predicted octanol–water partition coefficient (Wildman–Crippen LogP) is 5.01. The topological polar surface area (TPSA) is 111 Å². The van der Waals surface area contributed by atoms with Crippen molar-refractivity contribution >= 4 is 17.5 Å². The summed E-state index contributed by atoms with van der Waals surface area (Å²) in [7, 11) is 1.56. The fourth-order valence-corrected chi connectivity index (χ4v) is 4.06. The fourth-order valence-electron chi connectivity index (χ4n) is 4.06. The maximum absolute atomic E-state index is 13.9. The molecule has 0 bridgehead atoms. The zero-order chi connectivity index (χ0) is 26.0. The van der Waals surface area contributed by atoms with E-state index in [0.29, 0.717) is 11.5 Å². The molecule has 0 saturated carbocycles. The van der Waals surface area contributed by atoms with Gasteiger partial charge < -0.3 is 19.7 Å². The van der Waals surface area contributed by atoms with E-state index in [2.05, 4.69) is 5.32 Å². The molecule has 0 saturated heterocycles. The summed E-state index contributed by atoms with van der Waals surface area (Å²) in [4.78, 5) is 40.2. The van der Waals surface area contributed by atoms with E-state index >= 15 is 0 Å². The first-order chi connectivity index (χ1) is 17.1. The summed E-state index contributed by atoms with van der Waals surface area (Å²) < 4.78 is 11.3. The van der Waals surface area contributed by atoms with E-state index in [1.807, 2.05) is 20.8 Å². The highest BCUT2D eigenvalue weighted by Gasteiger charge is 2.39. The first-order valence-electron chi connectivity index (χ1n) is 11.4. The molecule has 9 nitrogen and oxygen atoms in total. The van der Waals surface area contributed by atoms with Crippen molar-refractivity contribution in [1.29, 1.82) is 0 Å². The van der Waals surface area contributed by atoms with Crippen molar-refractivity contribution in [3.05, 3.63) is 93.5 Å². The number of methoxy groups -OCH3 is 1. The minimum absolute atomic E-state index is 0.0710. The summed E-state index contributed by atoms with van der Waals surface area (Å²) >= 11 is 0. The molecule has 0 radical (unpaired) electrons. The molecular weight excluding hydrogens is 462 g/mol. The van der Waals surface area contributed by atoms with E-state index in [9.17, 15) is 19.7 Å². The molecule has 1 aliphatic rings. The Bertz CT molecular complexity index is 1310. The summed E-state index contributed by atoms with van der Waals surface area (Å²) in [5.74, 6) is 0.294. The number of fused-ring (bicyclic) bond motifs is 2. The van der Waals surface area contributed by atoms with Gasteiger partial charge in [0.05, 0.1) is 17.6 Å². The van der Waals surface area contributed by atoms with Crippen LogP contribution >= 0.6 is 0 Å². The first-order valence-corrected chi connectivity index (χ1v) is 11.4. The Balaban J connectivity index is 1.93. The average molecular weight is 490 g/mol. The van der Waals surface area contributed by atoms with E-state index in [-0.39, 0.29) is 29.1 Å². The van der Waals surface area contributed by atoms with Crippen LogP contribution in [0.15, 0.2) is 66.7 Å². The quantitative estimate of drug-likeness (QED) is 0.399. The van der Waals surface area contributed by atoms with Crippen LogP contribution in [-0.4, -0.2) is 34.3 Å². The van der Waals surface area contributed by atoms with Gasteiger partial charge in [0.2, 0.25) is 5.91 Å². The van der Waals surface area contributed by atoms with Gasteiger partial charge in [-0.3, -0.25) is 19.7 Å². The molecule has 0 aromatic heterocycles. The van der Waals surface area contributed by atoms with Gasteiger partial charge in [0.15, 0.2) is 0 Å². The number of para-hydroxylation sites is 1. The Labute approximate surface area is 208 Å². The lowest BCUT2D eigenvalue weighted by molar-refractivity contribution is -0.385. The second-order valence-corrected chi connectivity index (χ2v) is 9.50. The molecule has 1 atom stereocenters. The standard InChI is InChI=1S/C27H27N3O6/c1-27(2,3)28-25(31)24-21-15-18(30(33)34)11-14-23(21)36-22-8-6-5-7-20(22)26(32)29(24)16-17-9-12-19(35-4)13-10-17/h5-15,24H,16H2,1-4H3,(H,28,31). The Morgan fingerprint density at radius 2 is 1.78 bits per heavy atom. The van der Waals surface area contributed by atoms with Crippen LogP contribution in [0.5, 0.6) is 17.2 Å². The number of nitrogens with zero attached hydrogens (tertiary/aromatic N) is 2. The van der Waals surface area contributed by atoms with E-state index in [1.165, 1.54) is 23.1 Å². The number of non-ortho nitro benzene ring substituents is 1. The number of benzene rings is 3. The molecule has 2 amide bonds. The molecule has 186 valence electrons. The Kier molecular flexibility index (Phi) is 6.65. The predicted molar refractivity (Wildman–Crippen MR) is 133 cm³/mol. The maximum Gasteiger partial charge on any atom is 0.270 e. The molecule has 36 heavy (non-hydrogen) atoms. The van der Waals surface area contributed by atoms with Crippen LogP contribution in [0.4, 0.5) is 5.69 Å². The van der Waals surface area contributed by atoms with Gasteiger partial charge >= 0.3 is 0 Å². The van der Waals surface area contributed by atoms with Gasteiger partial charge in [0.1, 0.15) is 23.3 Å². The van der Waals surface area contributed by atoms with Crippen molar-refractivity contribution in [2.45, 2.75) is 38.9 Å². The number of nitrogens with one attached hydrogen (secondary N) is 1. The van der Waals surface area contributed by atoms with Crippen molar-refractivity contribution in [3.63, 3.8) is 0 Å². The Morgan fingerprint density at radius 3 is 2.42 bits per heavy atom. The van der Waals surface area contributed by atoms with E-state index in [4.69, 9.17) is 9.47 Å². The molecule has 1 aliphatic heterocycles. The number of hydrogen-bond acceptors (Lipinski definition) is 6. The number of carbonyl (C=O) groups excluding carboxylic acids is 2. The van der Waals surface area contributed by atoms with Gasteiger partial charge in [-0.2, -0.15) is 0 Å². The SMILES string of the molecule is COc1ccc(CN2C(=O)c3ccccc3Oc3ccc([N+](=O)[O-])cc3C2C(=O)NC(C)(C)C)cc1. The van der Waals surface area contributed by atoms with Crippen LogP contribution in [0.2, 0.25) is 0 Å². The van der Waals surface area contributed by atoms with Crippen molar-refractivity contribution < 1.29 is 24.0 Å². The first kappa shape index (κ1) is 24.7. The zero-order valence-corrected chi connectivity index (χ0v) is 20.5. The molecule has 4 rings (SSSR count). The summed E-state index contributed by atoms with van der Waals surface area (Å²) in [5, 5.41) is 14.5. The second kappa shape index (κ2) is 9.69. The third kappa shape index (κ3) is 5.14. The molecule has 1 heterocycles. The van der Waals surface area contributed by atoms with Crippen LogP contribution in [0, 0.1) is 10.1 Å². The molecule has 0 spiro atoms. The van der Waals surface area contributed by atoms with Gasteiger partial charge in [-0.1, -0.05) is 24.3 Å². The Morgan fingerprint density at radius 1 is 1.08 bits per heavy atom. The summed E-state index contributed by atoms with van der Waals surface area (Å²) in [6, 6.07) is 16.8. The monoisotopic (exact) mass is 489 g/mol. The smallest absolute Gasteiger partial charge is 0.270 e. The highest BCUT2D eigenvalue weighted by Crippen LogP contribution is 2.41. The molecule has 3 aromatic carbocycles. The molecular formula is C27H27N3O6. The van der Waals surface area contributed by atoms with Crippen LogP contribution < -0.4 is 14.8 Å². The van der Waals surface area contributed by atoms with Crippen LogP contribution in [0.1, 0.15) is 48.3 Å². The molecule has 1 unspecified atom stereocenters. The lowest BCUT2D eigenvalue weighted by Crippen LogP contribution is -2.49. The van der Waals surface area contributed by atoms with Crippen molar-refractivity contribution in [2.75, 3.05) is 7.11 Å². The number of amides is 2. The van der Waals surface area contributed by atoms with E-state index < -0.39 is 28.3 Å². The highest BCUT2D eigenvalue weighted by atomic mass is 16.6. The van der Waals surface area contributed by atoms with Crippen LogP contribution in [0.25, 0.3) is 0 Å². The molecule has 3 aromatic rings. The van der Waals surface area contributed by atoms with Crippen molar-refractivity contribution in [2.24, 2.45) is 0 Å². The minimum Gasteiger partial charge on any atom is -0.497 e. The van der Waals surface area contributed by atoms with Gasteiger partial charge in [-0.25, -0.2) is 0 Å². The lowest BCUT2D eigenvalue weighted by atomic mass is 9.97. The van der Waals surface area contributed by atoms with E-state index in [1.54, 1.807) is 55.6 Å². The van der Waals surface area contributed by atoms with Gasteiger partial charge in [0.25, 0.3) is 11.6 Å². The van der Waals surface area contributed by atoms with Crippen LogP contribution in [-0.2, 0) is 11.3 Å². The average Bonchev–Trinajstić information content (AvgIpc) is 2.83. The summed E-state index contributed by atoms with van der Waals surface area (Å²) in [6.45, 7) is 5.54. The molecule has 1 N–H and O–H groups in total. The number of nitro benzene ring substituents is 1. The summed E-state index contributed by atoms with van der Waals surface area (Å²) in [6.07, 6.45) is 0. The van der Waals surface area contributed by atoms with Gasteiger partial charge in [-0.15, -0.1) is 0 Å². The van der Waals surface area contributed by atoms with Gasteiger partial charge in [-0.05, 0) is 56.7 Å².